The minimum Gasteiger partial charge on any atom is -0.450 e. The van der Waals surface area contributed by atoms with Gasteiger partial charge in [0.1, 0.15) is 0 Å². The van der Waals surface area contributed by atoms with E-state index in [2.05, 4.69) is 6.58 Å². The van der Waals surface area contributed by atoms with Gasteiger partial charge in [-0.05, 0) is 25.2 Å². The second-order valence-corrected chi connectivity index (χ2v) is 4.26. The first-order chi connectivity index (χ1) is 6.83. The Bertz CT molecular complexity index is 356. The van der Waals surface area contributed by atoms with E-state index in [1.807, 2.05) is 0 Å². The van der Waals surface area contributed by atoms with Crippen LogP contribution in [-0.4, -0.2) is 22.2 Å². The largest absolute Gasteiger partial charge is 0.450 e. The first-order valence-electron chi connectivity index (χ1n) is 4.17. The van der Waals surface area contributed by atoms with Gasteiger partial charge in [-0.15, -0.1) is 0 Å². The van der Waals surface area contributed by atoms with Crippen molar-refractivity contribution in [3.63, 3.8) is 0 Å². The Morgan fingerprint density at radius 2 is 2.33 bits per heavy atom. The van der Waals surface area contributed by atoms with Crippen LogP contribution in [0.3, 0.4) is 0 Å². The number of aliphatic hydroxyl groups is 1. The number of carbonyl (C=O) groups excluding carboxylic acids is 1. The van der Waals surface area contributed by atoms with Crippen LogP contribution in [0.4, 0.5) is 0 Å². The van der Waals surface area contributed by atoms with Gasteiger partial charge < -0.3 is 9.84 Å². The van der Waals surface area contributed by atoms with Gasteiger partial charge in [0.05, 0.1) is 0 Å². The highest BCUT2D eigenvalue weighted by Crippen LogP contribution is 2.29. The van der Waals surface area contributed by atoms with Gasteiger partial charge in [0, 0.05) is 10.6 Å². The predicted octanol–water partition coefficient (Wildman–Crippen LogP) is 2.09. The average Bonchev–Trinajstić information content (AvgIpc) is 2.08. The molecule has 0 aromatic carbocycles. The fraction of sp³-hybridized carbons (Fsp3) is 0.300. The molecule has 5 heteroatoms. The molecule has 1 aliphatic carbocycles. The lowest BCUT2D eigenvalue weighted by atomic mass is 10.1. The maximum atomic E-state index is 11.2. The van der Waals surface area contributed by atoms with Crippen molar-refractivity contribution in [2.24, 2.45) is 0 Å². The number of hydrogen-bond donors (Lipinski definition) is 1. The average molecular weight is 249 g/mol. The summed E-state index contributed by atoms with van der Waals surface area (Å²) in [5.74, 6) is -0.616. The Morgan fingerprint density at radius 1 is 1.73 bits per heavy atom. The summed E-state index contributed by atoms with van der Waals surface area (Å²) in [4.78, 5) is 11.2. The zero-order valence-corrected chi connectivity index (χ0v) is 9.55. The highest BCUT2D eigenvalue weighted by Gasteiger charge is 2.36. The SMILES string of the molecule is C=C(C)C(=O)OC1C=CC(Cl)=CC1(O)Cl. The van der Waals surface area contributed by atoms with Crippen molar-refractivity contribution in [2.75, 3.05) is 0 Å². The van der Waals surface area contributed by atoms with E-state index in [-0.39, 0.29) is 10.6 Å². The van der Waals surface area contributed by atoms with Crippen LogP contribution in [0, 0.1) is 0 Å². The number of allylic oxidation sites excluding steroid dienone is 2. The quantitative estimate of drug-likeness (QED) is 0.463. The third-order valence-electron chi connectivity index (χ3n) is 1.75. The summed E-state index contributed by atoms with van der Waals surface area (Å²) in [6, 6.07) is 0. The lowest BCUT2D eigenvalue weighted by molar-refractivity contribution is -0.147. The van der Waals surface area contributed by atoms with E-state index in [4.69, 9.17) is 27.9 Å². The summed E-state index contributed by atoms with van der Waals surface area (Å²) in [5, 5.41) is 8.16. The Morgan fingerprint density at radius 3 is 2.80 bits per heavy atom. The van der Waals surface area contributed by atoms with Crippen LogP contribution in [0.5, 0.6) is 0 Å². The minimum atomic E-state index is -1.81. The molecule has 0 radical (unpaired) electrons. The molecule has 0 aliphatic heterocycles. The number of rotatable bonds is 2. The standard InChI is InChI=1S/C10H10Cl2O3/c1-6(2)9(13)15-8-4-3-7(11)5-10(8,12)14/h3-5,8,14H,1H2,2H3. The predicted molar refractivity (Wildman–Crippen MR) is 58.6 cm³/mol. The van der Waals surface area contributed by atoms with Gasteiger partial charge in [0.15, 0.2) is 11.2 Å². The van der Waals surface area contributed by atoms with Crippen molar-refractivity contribution in [3.05, 3.63) is 35.4 Å². The first-order valence-corrected chi connectivity index (χ1v) is 4.93. The third-order valence-corrected chi connectivity index (χ3v) is 2.31. The maximum absolute atomic E-state index is 11.2. The maximum Gasteiger partial charge on any atom is 0.333 e. The summed E-state index contributed by atoms with van der Waals surface area (Å²) in [6.07, 6.45) is 3.14. The third kappa shape index (κ3) is 3.09. The molecule has 0 saturated carbocycles. The van der Waals surface area contributed by atoms with E-state index in [1.165, 1.54) is 25.2 Å². The van der Waals surface area contributed by atoms with E-state index in [0.717, 1.165) is 0 Å². The van der Waals surface area contributed by atoms with E-state index in [1.54, 1.807) is 0 Å². The highest BCUT2D eigenvalue weighted by atomic mass is 35.5. The topological polar surface area (TPSA) is 46.5 Å². The van der Waals surface area contributed by atoms with E-state index in [0.29, 0.717) is 0 Å². The number of halogens is 2. The van der Waals surface area contributed by atoms with E-state index >= 15 is 0 Å². The van der Waals surface area contributed by atoms with Crippen LogP contribution in [0.1, 0.15) is 6.92 Å². The van der Waals surface area contributed by atoms with Crippen LogP contribution in [-0.2, 0) is 9.53 Å². The molecule has 3 nitrogen and oxygen atoms in total. The zero-order valence-electron chi connectivity index (χ0n) is 8.04. The van der Waals surface area contributed by atoms with Gasteiger partial charge in [-0.2, -0.15) is 0 Å². The van der Waals surface area contributed by atoms with Gasteiger partial charge in [0.25, 0.3) is 0 Å². The molecule has 0 bridgehead atoms. The van der Waals surface area contributed by atoms with Crippen LogP contribution in [0.15, 0.2) is 35.4 Å². The second kappa shape index (κ2) is 4.39. The van der Waals surface area contributed by atoms with Gasteiger partial charge >= 0.3 is 5.97 Å². The molecular weight excluding hydrogens is 239 g/mol. The smallest absolute Gasteiger partial charge is 0.333 e. The number of esters is 1. The van der Waals surface area contributed by atoms with Gasteiger partial charge in [-0.3, -0.25) is 0 Å². The van der Waals surface area contributed by atoms with Crippen molar-refractivity contribution in [3.8, 4) is 0 Å². The number of carbonyl (C=O) groups is 1. The normalized spacial score (nSPS) is 29.6. The first kappa shape index (κ1) is 12.3. The molecule has 1 rings (SSSR count). The molecule has 0 aromatic heterocycles. The number of ether oxygens (including phenoxy) is 1. The molecule has 0 saturated heterocycles. The van der Waals surface area contributed by atoms with Crippen LogP contribution >= 0.6 is 23.2 Å². The van der Waals surface area contributed by atoms with Crippen LogP contribution in [0.25, 0.3) is 0 Å². The Hall–Kier alpha value is -0.770. The summed E-state index contributed by atoms with van der Waals surface area (Å²) in [7, 11) is 0. The van der Waals surface area contributed by atoms with Gasteiger partial charge in [-0.1, -0.05) is 29.8 Å². The van der Waals surface area contributed by atoms with Crippen molar-refractivity contribution in [2.45, 2.75) is 18.1 Å². The zero-order chi connectivity index (χ0) is 11.6. The molecule has 0 fully saturated rings. The van der Waals surface area contributed by atoms with Crippen molar-refractivity contribution in [1.29, 1.82) is 0 Å². The van der Waals surface area contributed by atoms with E-state index in [9.17, 15) is 9.90 Å². The van der Waals surface area contributed by atoms with Crippen LogP contribution < -0.4 is 0 Å². The molecule has 15 heavy (non-hydrogen) atoms. The molecular formula is C10H10Cl2O3. The summed E-state index contributed by atoms with van der Waals surface area (Å²) >= 11 is 11.4. The van der Waals surface area contributed by atoms with Gasteiger partial charge in [-0.25, -0.2) is 4.79 Å². The second-order valence-electron chi connectivity index (χ2n) is 3.22. The molecule has 1 N–H and O–H groups in total. The van der Waals surface area contributed by atoms with E-state index < -0.39 is 17.1 Å². The Kier molecular flexibility index (Phi) is 3.60. The summed E-state index contributed by atoms with van der Waals surface area (Å²) in [6.45, 7) is 4.92. The number of hydrogen-bond acceptors (Lipinski definition) is 3. The summed E-state index contributed by atoms with van der Waals surface area (Å²) in [5.41, 5.74) is 0.233. The molecule has 1 aliphatic rings. The van der Waals surface area contributed by atoms with Crippen molar-refractivity contribution in [1.82, 2.24) is 0 Å². The minimum absolute atomic E-state index is 0.233. The number of alkyl halides is 1. The molecule has 0 aromatic rings. The fourth-order valence-corrected chi connectivity index (χ4v) is 1.51. The van der Waals surface area contributed by atoms with Gasteiger partial charge in [0.2, 0.25) is 0 Å². The molecule has 0 spiro atoms. The lowest BCUT2D eigenvalue weighted by Crippen LogP contribution is -2.38. The Balaban J connectivity index is 2.77. The monoisotopic (exact) mass is 248 g/mol. The fourth-order valence-electron chi connectivity index (χ4n) is 0.976. The molecule has 82 valence electrons. The molecule has 2 atom stereocenters. The van der Waals surface area contributed by atoms with Crippen molar-refractivity contribution < 1.29 is 14.6 Å². The Labute approximate surface area is 97.6 Å². The van der Waals surface area contributed by atoms with Crippen LogP contribution in [0.2, 0.25) is 0 Å². The summed E-state index contributed by atoms with van der Waals surface area (Å²) < 4.78 is 4.91. The van der Waals surface area contributed by atoms with Crippen molar-refractivity contribution >= 4 is 29.2 Å². The lowest BCUT2D eigenvalue weighted by Gasteiger charge is -2.27. The molecule has 2 unspecified atom stereocenters. The molecule has 0 amide bonds. The highest BCUT2D eigenvalue weighted by molar-refractivity contribution is 6.33. The molecule has 0 heterocycles.